The summed E-state index contributed by atoms with van der Waals surface area (Å²) in [4.78, 5) is 17.2. The van der Waals surface area contributed by atoms with Gasteiger partial charge in [0.05, 0.1) is 17.1 Å². The zero-order valence-corrected chi connectivity index (χ0v) is 14.7. The highest BCUT2D eigenvalue weighted by molar-refractivity contribution is 5.97. The molecule has 25 heavy (non-hydrogen) atoms. The van der Waals surface area contributed by atoms with Gasteiger partial charge in [-0.15, -0.1) is 0 Å². The number of benzene rings is 2. The fourth-order valence-electron chi connectivity index (χ4n) is 3.67. The van der Waals surface area contributed by atoms with Crippen LogP contribution in [0, 0.1) is 0 Å². The van der Waals surface area contributed by atoms with Crippen LogP contribution in [0.5, 0.6) is 0 Å². The molecule has 2 aromatic carbocycles. The quantitative estimate of drug-likeness (QED) is 0.770. The molecule has 0 fully saturated rings. The molecule has 1 atom stereocenters. The average Bonchev–Trinajstić information content (AvgIpc) is 2.98. The van der Waals surface area contributed by atoms with E-state index in [9.17, 15) is 4.79 Å². The van der Waals surface area contributed by atoms with Crippen LogP contribution in [-0.4, -0.2) is 15.3 Å². The summed E-state index contributed by atoms with van der Waals surface area (Å²) in [5, 5.41) is 3.31. The highest BCUT2D eigenvalue weighted by atomic mass is 16.1. The Morgan fingerprint density at radius 1 is 1.16 bits per heavy atom. The first-order chi connectivity index (χ1) is 12.1. The molecule has 1 aliphatic rings. The molecule has 0 radical (unpaired) electrons. The van der Waals surface area contributed by atoms with Crippen LogP contribution in [0.15, 0.2) is 59.8 Å². The van der Waals surface area contributed by atoms with Gasteiger partial charge in [-0.1, -0.05) is 43.3 Å². The standard InChI is InChI=1S/C21H21N3O/c1-4-15-9-11-16(12-10-15)20-19(14(3)25)13(2)22-21-23-17-7-5-6-8-18(17)24(20)21/h5-12,20H,4H2,1-3H3,(H,22,23)/t20-/m0/s1. The van der Waals surface area contributed by atoms with E-state index in [2.05, 4.69) is 47.1 Å². The largest absolute Gasteiger partial charge is 0.329 e. The molecule has 0 spiro atoms. The maximum absolute atomic E-state index is 12.5. The number of aromatic nitrogens is 2. The second kappa shape index (κ2) is 5.88. The molecule has 0 amide bonds. The van der Waals surface area contributed by atoms with Gasteiger partial charge in [-0.05, 0) is 43.5 Å². The van der Waals surface area contributed by atoms with E-state index in [1.165, 1.54) is 5.56 Å². The van der Waals surface area contributed by atoms with Crippen LogP contribution in [0.1, 0.15) is 37.9 Å². The van der Waals surface area contributed by atoms with Gasteiger partial charge in [0.2, 0.25) is 5.95 Å². The third-order valence-electron chi connectivity index (χ3n) is 4.91. The number of carbonyl (C=O) groups is 1. The van der Waals surface area contributed by atoms with E-state index >= 15 is 0 Å². The molecule has 0 unspecified atom stereocenters. The van der Waals surface area contributed by atoms with Crippen LogP contribution in [0.3, 0.4) is 0 Å². The predicted octanol–water partition coefficient (Wildman–Crippen LogP) is 4.48. The lowest BCUT2D eigenvalue weighted by molar-refractivity contribution is -0.114. The number of ketones is 1. The Morgan fingerprint density at radius 3 is 2.56 bits per heavy atom. The number of nitrogens with one attached hydrogen (secondary N) is 1. The lowest BCUT2D eigenvalue weighted by Gasteiger charge is -2.30. The average molecular weight is 331 g/mol. The highest BCUT2D eigenvalue weighted by Crippen LogP contribution is 2.39. The van der Waals surface area contributed by atoms with Gasteiger partial charge in [0.15, 0.2) is 5.78 Å². The Morgan fingerprint density at radius 2 is 1.88 bits per heavy atom. The van der Waals surface area contributed by atoms with Crippen molar-refractivity contribution >= 4 is 22.8 Å². The SMILES string of the molecule is CCc1ccc([C@H]2C(C(C)=O)=C(C)Nc3nc4ccccc4n32)cc1. The number of aryl methyl sites for hydroxylation is 1. The van der Waals surface area contributed by atoms with E-state index in [0.29, 0.717) is 0 Å². The van der Waals surface area contributed by atoms with Crippen LogP contribution in [0.25, 0.3) is 11.0 Å². The summed E-state index contributed by atoms with van der Waals surface area (Å²) >= 11 is 0. The minimum absolute atomic E-state index is 0.0815. The summed E-state index contributed by atoms with van der Waals surface area (Å²) in [7, 11) is 0. The van der Waals surface area contributed by atoms with Crippen molar-refractivity contribution in [3.63, 3.8) is 0 Å². The fraction of sp³-hybridized carbons (Fsp3) is 0.238. The third-order valence-corrected chi connectivity index (χ3v) is 4.91. The van der Waals surface area contributed by atoms with Crippen molar-refractivity contribution in [3.05, 3.63) is 70.9 Å². The minimum Gasteiger partial charge on any atom is -0.329 e. The molecule has 2 heterocycles. The molecule has 0 saturated carbocycles. The Hall–Kier alpha value is -2.88. The van der Waals surface area contributed by atoms with Crippen molar-refractivity contribution in [2.45, 2.75) is 33.2 Å². The van der Waals surface area contributed by atoms with Crippen molar-refractivity contribution < 1.29 is 4.79 Å². The molecule has 1 aromatic heterocycles. The number of fused-ring (bicyclic) bond motifs is 3. The minimum atomic E-state index is -0.160. The number of anilines is 1. The molecule has 0 saturated heterocycles. The number of allylic oxidation sites excluding steroid dienone is 2. The van der Waals surface area contributed by atoms with E-state index in [0.717, 1.165) is 40.2 Å². The van der Waals surface area contributed by atoms with Gasteiger partial charge in [-0.2, -0.15) is 0 Å². The van der Waals surface area contributed by atoms with Crippen molar-refractivity contribution in [1.29, 1.82) is 0 Å². The molecule has 126 valence electrons. The maximum atomic E-state index is 12.5. The zero-order chi connectivity index (χ0) is 17.6. The van der Waals surface area contributed by atoms with E-state index in [-0.39, 0.29) is 11.8 Å². The lowest BCUT2D eigenvalue weighted by Crippen LogP contribution is -2.27. The summed E-state index contributed by atoms with van der Waals surface area (Å²) in [6, 6.07) is 16.4. The van der Waals surface area contributed by atoms with Crippen molar-refractivity contribution in [1.82, 2.24) is 9.55 Å². The predicted molar refractivity (Wildman–Crippen MR) is 101 cm³/mol. The first-order valence-electron chi connectivity index (χ1n) is 8.64. The molecule has 1 aliphatic heterocycles. The highest BCUT2D eigenvalue weighted by Gasteiger charge is 2.32. The fourth-order valence-corrected chi connectivity index (χ4v) is 3.67. The van der Waals surface area contributed by atoms with Gasteiger partial charge in [-0.3, -0.25) is 9.36 Å². The second-order valence-electron chi connectivity index (χ2n) is 6.51. The first-order valence-corrected chi connectivity index (χ1v) is 8.64. The molecule has 4 rings (SSSR count). The van der Waals surface area contributed by atoms with Gasteiger partial charge in [0, 0.05) is 11.3 Å². The molecular formula is C21H21N3O. The van der Waals surface area contributed by atoms with Crippen LogP contribution in [0.2, 0.25) is 0 Å². The monoisotopic (exact) mass is 331 g/mol. The van der Waals surface area contributed by atoms with Gasteiger partial charge in [-0.25, -0.2) is 4.98 Å². The number of carbonyl (C=O) groups excluding carboxylic acids is 1. The summed E-state index contributed by atoms with van der Waals surface area (Å²) in [5.41, 5.74) is 6.02. The van der Waals surface area contributed by atoms with Crippen molar-refractivity contribution in [3.8, 4) is 0 Å². The molecule has 4 nitrogen and oxygen atoms in total. The van der Waals surface area contributed by atoms with Crippen LogP contribution >= 0.6 is 0 Å². The number of para-hydroxylation sites is 2. The molecule has 1 N–H and O–H groups in total. The Kier molecular flexibility index (Phi) is 3.68. The number of hydrogen-bond donors (Lipinski definition) is 1. The smallest absolute Gasteiger partial charge is 0.209 e. The van der Waals surface area contributed by atoms with Crippen LogP contribution in [-0.2, 0) is 11.2 Å². The normalized spacial score (nSPS) is 16.7. The lowest BCUT2D eigenvalue weighted by atomic mass is 9.92. The molecule has 4 heteroatoms. The Labute approximate surface area is 147 Å². The van der Waals surface area contributed by atoms with E-state index in [4.69, 9.17) is 4.98 Å². The number of nitrogens with zero attached hydrogens (tertiary/aromatic N) is 2. The first kappa shape index (κ1) is 15.6. The van der Waals surface area contributed by atoms with E-state index in [1.54, 1.807) is 6.92 Å². The Balaban J connectivity index is 1.98. The molecular weight excluding hydrogens is 310 g/mol. The van der Waals surface area contributed by atoms with E-state index in [1.807, 2.05) is 25.1 Å². The zero-order valence-electron chi connectivity index (χ0n) is 14.7. The molecule has 3 aromatic rings. The molecule has 0 bridgehead atoms. The van der Waals surface area contributed by atoms with E-state index < -0.39 is 0 Å². The van der Waals surface area contributed by atoms with Crippen LogP contribution < -0.4 is 5.32 Å². The third kappa shape index (κ3) is 2.45. The van der Waals surface area contributed by atoms with Gasteiger partial charge >= 0.3 is 0 Å². The summed E-state index contributed by atoms with van der Waals surface area (Å²) in [5.74, 6) is 0.867. The summed E-state index contributed by atoms with van der Waals surface area (Å²) < 4.78 is 2.14. The second-order valence-corrected chi connectivity index (χ2v) is 6.51. The van der Waals surface area contributed by atoms with Gasteiger partial charge in [0.25, 0.3) is 0 Å². The van der Waals surface area contributed by atoms with Crippen molar-refractivity contribution in [2.75, 3.05) is 5.32 Å². The topological polar surface area (TPSA) is 46.9 Å². The van der Waals surface area contributed by atoms with Gasteiger partial charge in [0.1, 0.15) is 0 Å². The van der Waals surface area contributed by atoms with Crippen LogP contribution in [0.4, 0.5) is 5.95 Å². The number of Topliss-reactive ketones (excluding diaryl/α,β-unsaturated/α-hetero) is 1. The number of rotatable bonds is 3. The molecule has 0 aliphatic carbocycles. The summed E-state index contributed by atoms with van der Waals surface area (Å²) in [6.07, 6.45) is 1.00. The Bertz CT molecular complexity index is 996. The summed E-state index contributed by atoms with van der Waals surface area (Å²) in [6.45, 7) is 5.73. The van der Waals surface area contributed by atoms with Gasteiger partial charge < -0.3 is 5.32 Å². The van der Waals surface area contributed by atoms with Crippen molar-refractivity contribution in [2.24, 2.45) is 0 Å². The maximum Gasteiger partial charge on any atom is 0.209 e. The number of imidazole rings is 1. The number of hydrogen-bond acceptors (Lipinski definition) is 3.